The lowest BCUT2D eigenvalue weighted by molar-refractivity contribution is -0.139. The average molecular weight is 482 g/mol. The minimum Gasteiger partial charge on any atom is -0.497 e. The van der Waals surface area contributed by atoms with Gasteiger partial charge in [-0.3, -0.25) is 9.78 Å². The highest BCUT2D eigenvalue weighted by Gasteiger charge is 2.37. The Morgan fingerprint density at radius 2 is 1.78 bits per heavy atom. The molecule has 4 rings (SSSR count). The molecule has 0 aliphatic carbocycles. The monoisotopic (exact) mass is 482 g/mol. The molecule has 36 heavy (non-hydrogen) atoms. The summed E-state index contributed by atoms with van der Waals surface area (Å²) < 4.78 is 10.3. The van der Waals surface area contributed by atoms with E-state index in [1.54, 1.807) is 73.7 Å². The van der Waals surface area contributed by atoms with Crippen LogP contribution >= 0.6 is 0 Å². The molecule has 3 aromatic rings. The lowest BCUT2D eigenvalue weighted by Gasteiger charge is -2.28. The van der Waals surface area contributed by atoms with E-state index in [0.717, 1.165) is 5.56 Å². The Morgan fingerprint density at radius 3 is 2.42 bits per heavy atom. The summed E-state index contributed by atoms with van der Waals surface area (Å²) in [4.78, 5) is 43.6. The second-order valence-corrected chi connectivity index (χ2v) is 7.74. The second-order valence-electron chi connectivity index (χ2n) is 7.74. The van der Waals surface area contributed by atoms with Crippen LogP contribution in [0.5, 0.6) is 5.75 Å². The molecule has 1 aromatic heterocycles. The normalized spacial score (nSPS) is 14.8. The number of benzene rings is 2. The van der Waals surface area contributed by atoms with Gasteiger partial charge in [0.2, 0.25) is 0 Å². The van der Waals surface area contributed by atoms with E-state index in [1.165, 1.54) is 7.11 Å². The zero-order chi connectivity index (χ0) is 25.7. The lowest BCUT2D eigenvalue weighted by Crippen LogP contribution is -2.48. The smallest absolute Gasteiger partial charge is 0.355 e. The Balaban J connectivity index is 1.82. The number of urea groups is 1. The van der Waals surface area contributed by atoms with Crippen molar-refractivity contribution in [3.8, 4) is 23.1 Å². The molecule has 0 saturated heterocycles. The molecule has 2 aromatic carbocycles. The summed E-state index contributed by atoms with van der Waals surface area (Å²) in [5, 5.41) is 14.2. The number of carbonyl (C=O) groups excluding carboxylic acids is 3. The number of rotatable bonds is 7. The number of amides is 2. The number of nitrogens with zero attached hydrogens (tertiary/aromatic N) is 2. The zero-order valence-electron chi connectivity index (χ0n) is 19.6. The van der Waals surface area contributed by atoms with E-state index in [0.29, 0.717) is 28.3 Å². The summed E-state index contributed by atoms with van der Waals surface area (Å²) in [5.41, 5.74) is 2.23. The van der Waals surface area contributed by atoms with E-state index in [1.807, 2.05) is 0 Å². The molecular weight excluding hydrogens is 460 g/mol. The third kappa shape index (κ3) is 4.93. The summed E-state index contributed by atoms with van der Waals surface area (Å²) in [6.45, 7) is 1.69. The van der Waals surface area contributed by atoms with Gasteiger partial charge in [0.15, 0.2) is 5.78 Å². The van der Waals surface area contributed by atoms with Gasteiger partial charge in [0, 0.05) is 11.1 Å². The number of Topliss-reactive ketones (excluding diaryl/α,β-unsaturated/α-hetero) is 1. The molecule has 2 N–H and O–H groups in total. The van der Waals surface area contributed by atoms with Crippen LogP contribution in [-0.4, -0.2) is 36.5 Å². The Morgan fingerprint density at radius 1 is 1.06 bits per heavy atom. The first-order valence-electron chi connectivity index (χ1n) is 11.1. The van der Waals surface area contributed by atoms with Crippen molar-refractivity contribution in [2.75, 3.05) is 13.7 Å². The molecule has 2 amide bonds. The molecule has 0 radical (unpaired) electrons. The molecule has 0 saturated carbocycles. The number of hydrogen-bond donors (Lipinski definition) is 2. The fraction of sp³-hybridized carbons (Fsp3) is 0.148. The SMILES string of the molecule is CCOC(=O)C1=C(C(=O)c2ccc(OC)cc2)[C@H](c2cccc(-c3ccc(C#N)cc3)n2)NC(=O)N1. The average Bonchev–Trinajstić information content (AvgIpc) is 2.92. The first kappa shape index (κ1) is 24.2. The molecule has 1 atom stereocenters. The fourth-order valence-corrected chi connectivity index (χ4v) is 3.78. The van der Waals surface area contributed by atoms with Gasteiger partial charge in [0.25, 0.3) is 0 Å². The Kier molecular flexibility index (Phi) is 7.07. The first-order chi connectivity index (χ1) is 17.4. The first-order valence-corrected chi connectivity index (χ1v) is 11.1. The number of aromatic nitrogens is 1. The predicted molar refractivity (Wildman–Crippen MR) is 130 cm³/mol. The van der Waals surface area contributed by atoms with Gasteiger partial charge in [-0.1, -0.05) is 18.2 Å². The van der Waals surface area contributed by atoms with Crippen LogP contribution in [0.15, 0.2) is 78.0 Å². The van der Waals surface area contributed by atoms with Crippen molar-refractivity contribution in [2.24, 2.45) is 0 Å². The number of nitrogens with one attached hydrogen (secondary N) is 2. The molecule has 2 heterocycles. The van der Waals surface area contributed by atoms with Crippen LogP contribution in [0, 0.1) is 11.3 Å². The highest BCUT2D eigenvalue weighted by atomic mass is 16.5. The van der Waals surface area contributed by atoms with Gasteiger partial charge < -0.3 is 20.1 Å². The van der Waals surface area contributed by atoms with Gasteiger partial charge in [0.1, 0.15) is 17.5 Å². The van der Waals surface area contributed by atoms with Crippen LogP contribution in [-0.2, 0) is 9.53 Å². The van der Waals surface area contributed by atoms with Gasteiger partial charge in [-0.2, -0.15) is 5.26 Å². The second kappa shape index (κ2) is 10.5. The van der Waals surface area contributed by atoms with Crippen molar-refractivity contribution >= 4 is 17.8 Å². The van der Waals surface area contributed by atoms with Crippen molar-refractivity contribution < 1.29 is 23.9 Å². The van der Waals surface area contributed by atoms with Crippen LogP contribution < -0.4 is 15.4 Å². The summed E-state index contributed by atoms with van der Waals surface area (Å²) in [6.07, 6.45) is 0. The summed E-state index contributed by atoms with van der Waals surface area (Å²) >= 11 is 0. The van der Waals surface area contributed by atoms with Gasteiger partial charge >= 0.3 is 12.0 Å². The van der Waals surface area contributed by atoms with Gasteiger partial charge in [-0.15, -0.1) is 0 Å². The molecule has 0 fully saturated rings. The quantitative estimate of drug-likeness (QED) is 0.388. The van der Waals surface area contributed by atoms with E-state index in [9.17, 15) is 14.4 Å². The van der Waals surface area contributed by atoms with E-state index in [-0.39, 0.29) is 17.9 Å². The van der Waals surface area contributed by atoms with Gasteiger partial charge in [0.05, 0.1) is 42.3 Å². The maximum atomic E-state index is 13.7. The van der Waals surface area contributed by atoms with E-state index >= 15 is 0 Å². The summed E-state index contributed by atoms with van der Waals surface area (Å²) in [5.74, 6) is -0.740. The molecule has 9 heteroatoms. The van der Waals surface area contributed by atoms with Crippen molar-refractivity contribution in [3.63, 3.8) is 0 Å². The topological polar surface area (TPSA) is 130 Å². The molecule has 9 nitrogen and oxygen atoms in total. The lowest BCUT2D eigenvalue weighted by atomic mass is 9.91. The van der Waals surface area contributed by atoms with Crippen LogP contribution in [0.1, 0.15) is 34.6 Å². The number of nitriles is 1. The maximum Gasteiger partial charge on any atom is 0.355 e. The van der Waals surface area contributed by atoms with E-state index in [2.05, 4.69) is 21.7 Å². The third-order valence-corrected chi connectivity index (χ3v) is 5.52. The number of esters is 1. The van der Waals surface area contributed by atoms with Crippen molar-refractivity contribution in [1.29, 1.82) is 5.26 Å². The Labute approximate surface area is 207 Å². The zero-order valence-corrected chi connectivity index (χ0v) is 19.6. The summed E-state index contributed by atoms with van der Waals surface area (Å²) in [7, 11) is 1.52. The Bertz CT molecular complexity index is 1390. The molecular formula is C27H22N4O5. The molecule has 1 aliphatic rings. The van der Waals surface area contributed by atoms with Crippen LogP contribution in [0.4, 0.5) is 4.79 Å². The van der Waals surface area contributed by atoms with Crippen LogP contribution in [0.2, 0.25) is 0 Å². The molecule has 0 spiro atoms. The molecule has 0 unspecified atom stereocenters. The maximum absolute atomic E-state index is 13.7. The highest BCUT2D eigenvalue weighted by Crippen LogP contribution is 2.31. The number of methoxy groups -OCH3 is 1. The number of carbonyl (C=O) groups is 3. The van der Waals surface area contributed by atoms with Crippen molar-refractivity contribution in [2.45, 2.75) is 13.0 Å². The van der Waals surface area contributed by atoms with Crippen LogP contribution in [0.25, 0.3) is 11.3 Å². The largest absolute Gasteiger partial charge is 0.497 e. The minimum absolute atomic E-state index is 0.00250. The number of ether oxygens (including phenoxy) is 2. The standard InChI is InChI=1S/C27H22N4O5/c1-3-36-26(33)24-22(25(32)18-11-13-19(35-2)14-12-18)23(30-27(34)31-24)21-6-4-5-20(29-21)17-9-7-16(15-28)8-10-17/h4-14,23H,3H2,1-2H3,(H2,30,31,34)/t23-/m0/s1. The van der Waals surface area contributed by atoms with Crippen molar-refractivity contribution in [1.82, 2.24) is 15.6 Å². The minimum atomic E-state index is -1.02. The van der Waals surface area contributed by atoms with E-state index < -0.39 is 23.8 Å². The molecule has 0 bridgehead atoms. The molecule has 1 aliphatic heterocycles. The highest BCUT2D eigenvalue weighted by molar-refractivity contribution is 6.15. The van der Waals surface area contributed by atoms with Gasteiger partial charge in [-0.25, -0.2) is 9.59 Å². The summed E-state index contributed by atoms with van der Waals surface area (Å²) in [6, 6.07) is 18.8. The third-order valence-electron chi connectivity index (χ3n) is 5.52. The van der Waals surface area contributed by atoms with E-state index in [4.69, 9.17) is 14.7 Å². The fourth-order valence-electron chi connectivity index (χ4n) is 3.78. The number of ketones is 1. The van der Waals surface area contributed by atoms with Gasteiger partial charge in [-0.05, 0) is 55.5 Å². The number of hydrogen-bond acceptors (Lipinski definition) is 7. The Hall–Kier alpha value is -4.97. The predicted octanol–water partition coefficient (Wildman–Crippen LogP) is 3.68. The van der Waals surface area contributed by atoms with Crippen molar-refractivity contribution in [3.05, 3.63) is 94.8 Å². The van der Waals surface area contributed by atoms with Crippen LogP contribution in [0.3, 0.4) is 0 Å². The number of pyridine rings is 1. The molecule has 180 valence electrons.